The molecule has 17 heavy (non-hydrogen) atoms. The summed E-state index contributed by atoms with van der Waals surface area (Å²) in [5.41, 5.74) is 1.13. The van der Waals surface area contributed by atoms with Gasteiger partial charge in [0, 0.05) is 12.2 Å². The molecular formula is C14H23N3. The van der Waals surface area contributed by atoms with Crippen molar-refractivity contribution in [2.24, 2.45) is 0 Å². The Morgan fingerprint density at radius 3 is 2.88 bits per heavy atom. The zero-order valence-electron chi connectivity index (χ0n) is 10.7. The normalized spacial score (nSPS) is 18.4. The number of likely N-dealkylation sites (tertiary alicyclic amines) is 1. The van der Waals surface area contributed by atoms with E-state index in [-0.39, 0.29) is 0 Å². The molecule has 2 rings (SSSR count). The van der Waals surface area contributed by atoms with Crippen molar-refractivity contribution in [2.45, 2.75) is 32.2 Å². The summed E-state index contributed by atoms with van der Waals surface area (Å²) in [5, 5.41) is 3.53. The van der Waals surface area contributed by atoms with Crippen molar-refractivity contribution in [2.75, 3.05) is 26.2 Å². The van der Waals surface area contributed by atoms with Crippen molar-refractivity contribution in [3.05, 3.63) is 30.1 Å². The summed E-state index contributed by atoms with van der Waals surface area (Å²) >= 11 is 0. The van der Waals surface area contributed by atoms with Gasteiger partial charge in [-0.2, -0.15) is 0 Å². The van der Waals surface area contributed by atoms with Crippen LogP contribution in [0.4, 0.5) is 0 Å². The van der Waals surface area contributed by atoms with E-state index in [4.69, 9.17) is 0 Å². The standard InChI is InChI=1S/C14H23N3/c1-13(14-7-2-3-8-16-14)15-9-6-12-17-10-4-5-11-17/h2-3,7-8,13,15H,4-6,9-12H2,1H3/t13-/m1/s1. The molecule has 0 bridgehead atoms. The molecule has 0 aliphatic carbocycles. The lowest BCUT2D eigenvalue weighted by molar-refractivity contribution is 0.328. The van der Waals surface area contributed by atoms with Crippen LogP contribution >= 0.6 is 0 Å². The second kappa shape index (κ2) is 6.72. The summed E-state index contributed by atoms with van der Waals surface area (Å²) < 4.78 is 0. The van der Waals surface area contributed by atoms with Gasteiger partial charge in [0.2, 0.25) is 0 Å². The van der Waals surface area contributed by atoms with Gasteiger partial charge in [0.25, 0.3) is 0 Å². The zero-order chi connectivity index (χ0) is 11.9. The molecule has 1 aromatic rings. The molecule has 1 atom stereocenters. The fraction of sp³-hybridized carbons (Fsp3) is 0.643. The molecule has 1 aromatic heterocycles. The van der Waals surface area contributed by atoms with Gasteiger partial charge >= 0.3 is 0 Å². The Morgan fingerprint density at radius 2 is 2.18 bits per heavy atom. The minimum absolute atomic E-state index is 0.356. The zero-order valence-corrected chi connectivity index (χ0v) is 10.7. The first-order chi connectivity index (χ1) is 8.36. The Hall–Kier alpha value is -0.930. The van der Waals surface area contributed by atoms with Crippen LogP contribution < -0.4 is 5.32 Å². The maximum Gasteiger partial charge on any atom is 0.0570 e. The van der Waals surface area contributed by atoms with Crippen LogP contribution in [-0.2, 0) is 0 Å². The molecule has 1 aliphatic heterocycles. The molecular weight excluding hydrogens is 210 g/mol. The molecule has 0 aromatic carbocycles. The largest absolute Gasteiger partial charge is 0.309 e. The fourth-order valence-corrected chi connectivity index (χ4v) is 2.36. The molecule has 3 nitrogen and oxygen atoms in total. The third-order valence-corrected chi connectivity index (χ3v) is 3.43. The van der Waals surface area contributed by atoms with Crippen LogP contribution in [0.3, 0.4) is 0 Å². The number of aromatic nitrogens is 1. The summed E-state index contributed by atoms with van der Waals surface area (Å²) in [4.78, 5) is 6.92. The highest BCUT2D eigenvalue weighted by Crippen LogP contribution is 2.09. The van der Waals surface area contributed by atoms with Crippen LogP contribution in [0.15, 0.2) is 24.4 Å². The van der Waals surface area contributed by atoms with Crippen molar-refractivity contribution in [1.29, 1.82) is 0 Å². The van der Waals surface area contributed by atoms with E-state index in [2.05, 4.69) is 28.2 Å². The Bertz CT molecular complexity index is 307. The monoisotopic (exact) mass is 233 g/mol. The lowest BCUT2D eigenvalue weighted by Crippen LogP contribution is -2.26. The highest BCUT2D eigenvalue weighted by atomic mass is 15.1. The van der Waals surface area contributed by atoms with E-state index in [1.807, 2.05) is 18.3 Å². The van der Waals surface area contributed by atoms with E-state index >= 15 is 0 Å². The number of pyridine rings is 1. The van der Waals surface area contributed by atoms with E-state index < -0.39 is 0 Å². The number of rotatable bonds is 6. The van der Waals surface area contributed by atoms with Crippen LogP contribution in [0.5, 0.6) is 0 Å². The van der Waals surface area contributed by atoms with Crippen molar-refractivity contribution in [3.63, 3.8) is 0 Å². The van der Waals surface area contributed by atoms with Gasteiger partial charge in [-0.05, 0) is 64.5 Å². The van der Waals surface area contributed by atoms with Crippen molar-refractivity contribution >= 4 is 0 Å². The number of hydrogen-bond donors (Lipinski definition) is 1. The third-order valence-electron chi connectivity index (χ3n) is 3.43. The maximum absolute atomic E-state index is 4.36. The highest BCUT2D eigenvalue weighted by Gasteiger charge is 2.10. The predicted octanol–water partition coefficient (Wildman–Crippen LogP) is 2.22. The van der Waals surface area contributed by atoms with Gasteiger partial charge in [-0.3, -0.25) is 4.98 Å². The van der Waals surface area contributed by atoms with Crippen molar-refractivity contribution in [3.8, 4) is 0 Å². The van der Waals surface area contributed by atoms with Gasteiger partial charge in [-0.25, -0.2) is 0 Å². The van der Waals surface area contributed by atoms with E-state index in [1.54, 1.807) is 0 Å². The minimum atomic E-state index is 0.356. The summed E-state index contributed by atoms with van der Waals surface area (Å²) in [7, 11) is 0. The van der Waals surface area contributed by atoms with E-state index in [0.29, 0.717) is 6.04 Å². The topological polar surface area (TPSA) is 28.2 Å². The highest BCUT2D eigenvalue weighted by molar-refractivity contribution is 5.07. The minimum Gasteiger partial charge on any atom is -0.309 e. The molecule has 0 unspecified atom stereocenters. The molecule has 1 fully saturated rings. The first-order valence-corrected chi connectivity index (χ1v) is 6.73. The second-order valence-electron chi connectivity index (χ2n) is 4.83. The number of hydrogen-bond acceptors (Lipinski definition) is 3. The van der Waals surface area contributed by atoms with Crippen LogP contribution in [0, 0.1) is 0 Å². The third kappa shape index (κ3) is 4.10. The Balaban J connectivity index is 1.61. The number of nitrogens with zero attached hydrogens (tertiary/aromatic N) is 2. The van der Waals surface area contributed by atoms with Crippen LogP contribution in [0.25, 0.3) is 0 Å². The van der Waals surface area contributed by atoms with Gasteiger partial charge < -0.3 is 10.2 Å². The molecule has 1 aliphatic rings. The molecule has 0 saturated carbocycles. The molecule has 3 heteroatoms. The molecule has 1 saturated heterocycles. The quantitative estimate of drug-likeness (QED) is 0.764. The lowest BCUT2D eigenvalue weighted by atomic mass is 10.2. The molecule has 1 N–H and O–H groups in total. The maximum atomic E-state index is 4.36. The molecule has 0 radical (unpaired) electrons. The van der Waals surface area contributed by atoms with Crippen LogP contribution in [0.1, 0.15) is 37.9 Å². The van der Waals surface area contributed by atoms with Gasteiger partial charge in [0.1, 0.15) is 0 Å². The van der Waals surface area contributed by atoms with Gasteiger partial charge in [0.15, 0.2) is 0 Å². The predicted molar refractivity (Wildman–Crippen MR) is 70.9 cm³/mol. The Morgan fingerprint density at radius 1 is 1.35 bits per heavy atom. The molecule has 2 heterocycles. The van der Waals surface area contributed by atoms with Gasteiger partial charge in [0.05, 0.1) is 5.69 Å². The molecule has 94 valence electrons. The summed E-state index contributed by atoms with van der Waals surface area (Å²) in [6, 6.07) is 6.45. The Labute approximate surface area is 104 Å². The summed E-state index contributed by atoms with van der Waals surface area (Å²) in [5.74, 6) is 0. The van der Waals surface area contributed by atoms with Crippen molar-refractivity contribution < 1.29 is 0 Å². The average molecular weight is 233 g/mol. The molecule has 0 spiro atoms. The van der Waals surface area contributed by atoms with Crippen molar-refractivity contribution in [1.82, 2.24) is 15.2 Å². The van der Waals surface area contributed by atoms with Crippen LogP contribution in [-0.4, -0.2) is 36.1 Å². The first-order valence-electron chi connectivity index (χ1n) is 6.73. The first kappa shape index (κ1) is 12.5. The second-order valence-corrected chi connectivity index (χ2v) is 4.83. The summed E-state index contributed by atoms with van der Waals surface area (Å²) in [6.07, 6.45) is 5.87. The lowest BCUT2D eigenvalue weighted by Gasteiger charge is -2.16. The SMILES string of the molecule is C[C@@H](NCCCN1CCCC1)c1ccccn1. The van der Waals surface area contributed by atoms with Gasteiger partial charge in [-0.1, -0.05) is 6.07 Å². The Kier molecular flexibility index (Phi) is 4.95. The fourth-order valence-electron chi connectivity index (χ4n) is 2.36. The van der Waals surface area contributed by atoms with Crippen LogP contribution in [0.2, 0.25) is 0 Å². The van der Waals surface area contributed by atoms with Gasteiger partial charge in [-0.15, -0.1) is 0 Å². The average Bonchev–Trinajstić information content (AvgIpc) is 2.88. The smallest absolute Gasteiger partial charge is 0.0570 e. The van der Waals surface area contributed by atoms with E-state index in [9.17, 15) is 0 Å². The number of nitrogens with one attached hydrogen (secondary N) is 1. The van der Waals surface area contributed by atoms with E-state index in [1.165, 1.54) is 38.9 Å². The van der Waals surface area contributed by atoms with E-state index in [0.717, 1.165) is 12.2 Å². The summed E-state index contributed by atoms with van der Waals surface area (Å²) in [6.45, 7) is 7.10. The molecule has 0 amide bonds.